The van der Waals surface area contributed by atoms with Gasteiger partial charge in [-0.15, -0.1) is 0 Å². The van der Waals surface area contributed by atoms with Crippen LogP contribution in [-0.2, 0) is 24.1 Å². The molecule has 0 aliphatic heterocycles. The van der Waals surface area contributed by atoms with Gasteiger partial charge in [-0.1, -0.05) is 47.4 Å². The minimum absolute atomic E-state index is 0.00150. The number of benzene rings is 1. The highest BCUT2D eigenvalue weighted by Gasteiger charge is 2.08. The fraction of sp³-hybridized carbons (Fsp3) is 0.438. The van der Waals surface area contributed by atoms with Crippen LogP contribution >= 0.6 is 23.2 Å². The third-order valence-corrected chi connectivity index (χ3v) is 4.23. The number of carbonyl (C=O) groups is 1. The zero-order chi connectivity index (χ0) is 16.7. The molecule has 7 heteroatoms. The largest absolute Gasteiger partial charge is 0.356 e. The smallest absolute Gasteiger partial charge is 0.226 e. The molecule has 2 aromatic rings. The number of aromatic nitrogens is 2. The van der Waals surface area contributed by atoms with Crippen LogP contribution in [0.5, 0.6) is 0 Å². The van der Waals surface area contributed by atoms with Gasteiger partial charge in [0.15, 0.2) is 5.82 Å². The van der Waals surface area contributed by atoms with Crippen LogP contribution in [0.2, 0.25) is 10.0 Å². The van der Waals surface area contributed by atoms with Crippen LogP contribution in [0.25, 0.3) is 0 Å². The topological polar surface area (TPSA) is 68.0 Å². The highest BCUT2D eigenvalue weighted by molar-refractivity contribution is 6.42. The molecule has 0 bridgehead atoms. The van der Waals surface area contributed by atoms with Gasteiger partial charge in [-0.25, -0.2) is 0 Å². The minimum atomic E-state index is -0.00150. The van der Waals surface area contributed by atoms with E-state index in [1.165, 1.54) is 0 Å². The van der Waals surface area contributed by atoms with Gasteiger partial charge < -0.3 is 9.84 Å². The molecule has 1 amide bonds. The number of carbonyl (C=O) groups excluding carboxylic acids is 1. The van der Waals surface area contributed by atoms with Crippen LogP contribution in [0.4, 0.5) is 0 Å². The molecule has 0 saturated carbocycles. The Morgan fingerprint density at radius 2 is 2.13 bits per heavy atom. The van der Waals surface area contributed by atoms with Crippen LogP contribution in [0.3, 0.4) is 0 Å². The van der Waals surface area contributed by atoms with Crippen LogP contribution in [0.15, 0.2) is 22.7 Å². The van der Waals surface area contributed by atoms with E-state index in [4.69, 9.17) is 27.7 Å². The Morgan fingerprint density at radius 3 is 2.87 bits per heavy atom. The zero-order valence-corrected chi connectivity index (χ0v) is 14.5. The average molecular weight is 356 g/mol. The zero-order valence-electron chi connectivity index (χ0n) is 12.9. The molecule has 1 aromatic heterocycles. The summed E-state index contributed by atoms with van der Waals surface area (Å²) in [6.45, 7) is 2.49. The van der Waals surface area contributed by atoms with Gasteiger partial charge in [-0.05, 0) is 24.5 Å². The van der Waals surface area contributed by atoms with Crippen LogP contribution in [0, 0.1) is 0 Å². The predicted octanol–water partition coefficient (Wildman–Crippen LogP) is 3.62. The van der Waals surface area contributed by atoms with Gasteiger partial charge in [0.25, 0.3) is 0 Å². The quantitative estimate of drug-likeness (QED) is 0.784. The summed E-state index contributed by atoms with van der Waals surface area (Å²) in [6, 6.07) is 5.50. The lowest BCUT2D eigenvalue weighted by molar-refractivity contribution is -0.121. The summed E-state index contributed by atoms with van der Waals surface area (Å²) in [5, 5.41) is 7.77. The van der Waals surface area contributed by atoms with Gasteiger partial charge in [0.1, 0.15) is 0 Å². The Hall–Kier alpha value is -1.59. The molecular weight excluding hydrogens is 337 g/mol. The first-order chi connectivity index (χ1) is 11.1. The number of hydrogen-bond donors (Lipinski definition) is 1. The minimum Gasteiger partial charge on any atom is -0.356 e. The van der Waals surface area contributed by atoms with E-state index in [0.29, 0.717) is 54.0 Å². The second kappa shape index (κ2) is 8.89. The van der Waals surface area contributed by atoms with E-state index in [1.807, 2.05) is 19.1 Å². The highest BCUT2D eigenvalue weighted by atomic mass is 35.5. The van der Waals surface area contributed by atoms with Gasteiger partial charge in [-0.3, -0.25) is 4.79 Å². The number of aryl methyl sites for hydroxylation is 2. The van der Waals surface area contributed by atoms with Crippen LogP contribution in [-0.4, -0.2) is 22.6 Å². The van der Waals surface area contributed by atoms with Crippen molar-refractivity contribution in [2.45, 2.75) is 39.0 Å². The molecule has 5 nitrogen and oxygen atoms in total. The molecule has 0 aliphatic carbocycles. The number of rotatable bonds is 8. The molecule has 0 unspecified atom stereocenters. The molecule has 0 spiro atoms. The molecule has 1 N–H and O–H groups in total. The summed E-state index contributed by atoms with van der Waals surface area (Å²) in [4.78, 5) is 16.0. The van der Waals surface area contributed by atoms with E-state index in [9.17, 15) is 4.79 Å². The van der Waals surface area contributed by atoms with Crippen molar-refractivity contribution in [3.05, 3.63) is 45.5 Å². The van der Waals surface area contributed by atoms with Gasteiger partial charge >= 0.3 is 0 Å². The molecule has 2 rings (SSSR count). The lowest BCUT2D eigenvalue weighted by atomic mass is 10.1. The van der Waals surface area contributed by atoms with Crippen LogP contribution in [0.1, 0.15) is 37.0 Å². The standard InChI is InChI=1S/C16H19Cl2N3O2/c1-2-13-20-15(23-21-13)8-4-7-14(22)19-10-9-11-5-3-6-12(17)16(11)18/h3,5-6H,2,4,7-10H2,1H3,(H,19,22). The van der Waals surface area contributed by atoms with Crippen molar-refractivity contribution in [2.24, 2.45) is 0 Å². The van der Waals surface area contributed by atoms with Crippen molar-refractivity contribution >= 4 is 29.1 Å². The van der Waals surface area contributed by atoms with Crippen molar-refractivity contribution in [1.82, 2.24) is 15.5 Å². The summed E-state index contributed by atoms with van der Waals surface area (Å²) < 4.78 is 5.08. The second-order valence-corrected chi connectivity index (χ2v) is 5.91. The van der Waals surface area contributed by atoms with Crippen LogP contribution < -0.4 is 5.32 Å². The number of nitrogens with zero attached hydrogens (tertiary/aromatic N) is 2. The SMILES string of the molecule is CCc1noc(CCCC(=O)NCCc2cccc(Cl)c2Cl)n1. The number of amides is 1. The fourth-order valence-electron chi connectivity index (χ4n) is 2.10. The maximum atomic E-state index is 11.8. The third-order valence-electron chi connectivity index (χ3n) is 3.37. The number of nitrogens with one attached hydrogen (secondary N) is 1. The lowest BCUT2D eigenvalue weighted by Gasteiger charge is -2.07. The van der Waals surface area contributed by atoms with Gasteiger partial charge in [-0.2, -0.15) is 4.98 Å². The van der Waals surface area contributed by atoms with Gasteiger partial charge in [0, 0.05) is 25.8 Å². The molecule has 0 aliphatic rings. The lowest BCUT2D eigenvalue weighted by Crippen LogP contribution is -2.25. The highest BCUT2D eigenvalue weighted by Crippen LogP contribution is 2.25. The molecular formula is C16H19Cl2N3O2. The van der Waals surface area contributed by atoms with Crippen molar-refractivity contribution in [3.8, 4) is 0 Å². The van der Waals surface area contributed by atoms with E-state index >= 15 is 0 Å². The summed E-state index contributed by atoms with van der Waals surface area (Å²) in [6.07, 6.45) is 3.10. The normalized spacial score (nSPS) is 10.7. The van der Waals surface area contributed by atoms with Crippen molar-refractivity contribution in [2.75, 3.05) is 6.54 Å². The summed E-state index contributed by atoms with van der Waals surface area (Å²) in [5.41, 5.74) is 0.928. The van der Waals surface area contributed by atoms with E-state index in [0.717, 1.165) is 12.0 Å². The van der Waals surface area contributed by atoms with Crippen molar-refractivity contribution in [3.63, 3.8) is 0 Å². The molecule has 0 saturated heterocycles. The first-order valence-electron chi connectivity index (χ1n) is 7.61. The first-order valence-corrected chi connectivity index (χ1v) is 8.36. The van der Waals surface area contributed by atoms with E-state index in [1.54, 1.807) is 6.07 Å². The Bertz CT molecular complexity index is 659. The van der Waals surface area contributed by atoms with Crippen molar-refractivity contribution in [1.29, 1.82) is 0 Å². The monoisotopic (exact) mass is 355 g/mol. The fourth-order valence-corrected chi connectivity index (χ4v) is 2.52. The summed E-state index contributed by atoms with van der Waals surface area (Å²) >= 11 is 12.1. The Morgan fingerprint density at radius 1 is 1.30 bits per heavy atom. The van der Waals surface area contributed by atoms with Gasteiger partial charge in [0.2, 0.25) is 11.8 Å². The maximum absolute atomic E-state index is 11.8. The Balaban J connectivity index is 1.66. The second-order valence-electron chi connectivity index (χ2n) is 5.12. The number of hydrogen-bond acceptors (Lipinski definition) is 4. The Kier molecular flexibility index (Phi) is 6.86. The Labute approximate surface area is 145 Å². The first kappa shape index (κ1) is 17.8. The molecule has 124 valence electrons. The molecule has 1 heterocycles. The number of halogens is 2. The molecule has 1 aromatic carbocycles. The van der Waals surface area contributed by atoms with E-state index in [2.05, 4.69) is 15.5 Å². The maximum Gasteiger partial charge on any atom is 0.226 e. The molecule has 0 fully saturated rings. The summed E-state index contributed by atoms with van der Waals surface area (Å²) in [5.74, 6) is 1.28. The molecule has 0 radical (unpaired) electrons. The molecule has 0 atom stereocenters. The average Bonchev–Trinajstić information content (AvgIpc) is 2.99. The van der Waals surface area contributed by atoms with E-state index in [-0.39, 0.29) is 5.91 Å². The van der Waals surface area contributed by atoms with E-state index < -0.39 is 0 Å². The van der Waals surface area contributed by atoms with Crippen molar-refractivity contribution < 1.29 is 9.32 Å². The predicted molar refractivity (Wildman–Crippen MR) is 89.8 cm³/mol. The molecule has 23 heavy (non-hydrogen) atoms. The third kappa shape index (κ3) is 5.52. The summed E-state index contributed by atoms with van der Waals surface area (Å²) in [7, 11) is 0. The van der Waals surface area contributed by atoms with Gasteiger partial charge in [0.05, 0.1) is 10.0 Å².